The van der Waals surface area contributed by atoms with E-state index in [0.717, 1.165) is 5.92 Å². The van der Waals surface area contributed by atoms with Gasteiger partial charge in [0.25, 0.3) is 0 Å². The maximum atomic E-state index is 3.58. The second-order valence-corrected chi connectivity index (χ2v) is 6.19. The first-order chi connectivity index (χ1) is 6.22. The van der Waals surface area contributed by atoms with Crippen molar-refractivity contribution < 1.29 is 0 Å². The molecule has 0 aromatic carbocycles. The van der Waals surface area contributed by atoms with Crippen LogP contribution in [-0.2, 0) is 0 Å². The van der Waals surface area contributed by atoms with E-state index in [1.807, 2.05) is 0 Å². The molecule has 0 heterocycles. The third kappa shape index (κ3) is 7.37. The average Bonchev–Trinajstić information content (AvgIpc) is 1.97. The number of hydrogen-bond acceptors (Lipinski definition) is 1. The molecule has 14 heavy (non-hydrogen) atoms. The first-order valence-corrected chi connectivity index (χ1v) is 5.98. The summed E-state index contributed by atoms with van der Waals surface area (Å²) in [5.41, 5.74) is 0.478. The molecule has 1 N–H and O–H groups in total. The highest BCUT2D eigenvalue weighted by Gasteiger charge is 2.16. The Kier molecular flexibility index (Phi) is 5.73. The monoisotopic (exact) mass is 199 g/mol. The molecule has 1 heteroatoms. The predicted octanol–water partition coefficient (Wildman–Crippen LogP) is 3.84. The fourth-order valence-corrected chi connectivity index (χ4v) is 1.60. The minimum absolute atomic E-state index is 0.478. The quantitative estimate of drug-likeness (QED) is 0.709. The maximum absolute atomic E-state index is 3.58. The smallest absolute Gasteiger partial charge is 0.00667 e. The molecule has 0 aromatic heterocycles. The Morgan fingerprint density at radius 2 is 1.50 bits per heavy atom. The summed E-state index contributed by atoms with van der Waals surface area (Å²) in [4.78, 5) is 0. The molecule has 0 aromatic rings. The van der Waals surface area contributed by atoms with Crippen LogP contribution >= 0.6 is 0 Å². The van der Waals surface area contributed by atoms with E-state index in [9.17, 15) is 0 Å². The van der Waals surface area contributed by atoms with Crippen molar-refractivity contribution in [2.24, 2.45) is 11.3 Å². The average molecular weight is 199 g/mol. The lowest BCUT2D eigenvalue weighted by molar-refractivity contribution is 0.287. The molecule has 0 aliphatic rings. The van der Waals surface area contributed by atoms with Crippen LogP contribution in [0.1, 0.15) is 61.3 Å². The summed E-state index contributed by atoms with van der Waals surface area (Å²) >= 11 is 0. The van der Waals surface area contributed by atoms with Crippen molar-refractivity contribution in [1.29, 1.82) is 0 Å². The van der Waals surface area contributed by atoms with E-state index in [4.69, 9.17) is 0 Å². The zero-order valence-electron chi connectivity index (χ0n) is 11.1. The summed E-state index contributed by atoms with van der Waals surface area (Å²) in [6, 6.07) is 1.24. The highest BCUT2D eigenvalue weighted by molar-refractivity contribution is 4.73. The van der Waals surface area contributed by atoms with E-state index in [1.165, 1.54) is 12.8 Å². The molecule has 0 spiro atoms. The van der Waals surface area contributed by atoms with Crippen LogP contribution in [0, 0.1) is 11.3 Å². The first kappa shape index (κ1) is 14.0. The zero-order chi connectivity index (χ0) is 11.4. The van der Waals surface area contributed by atoms with Gasteiger partial charge < -0.3 is 5.32 Å². The Bertz CT molecular complexity index is 144. The molecule has 0 saturated carbocycles. The molecule has 1 nitrogen and oxygen atoms in total. The minimum atomic E-state index is 0.478. The molecule has 0 saturated heterocycles. The largest absolute Gasteiger partial charge is 0.312 e. The highest BCUT2D eigenvalue weighted by Crippen LogP contribution is 2.24. The van der Waals surface area contributed by atoms with Crippen LogP contribution in [0.15, 0.2) is 0 Å². The molecule has 86 valence electrons. The van der Waals surface area contributed by atoms with Gasteiger partial charge in [0.2, 0.25) is 0 Å². The normalized spacial score (nSPS) is 17.1. The third-order valence-corrected chi connectivity index (χ3v) is 2.80. The van der Waals surface area contributed by atoms with Gasteiger partial charge in [-0.15, -0.1) is 0 Å². The summed E-state index contributed by atoms with van der Waals surface area (Å²) in [5.74, 6) is 0.775. The lowest BCUT2D eigenvalue weighted by Gasteiger charge is -2.26. The van der Waals surface area contributed by atoms with Crippen LogP contribution in [0.2, 0.25) is 0 Å². The van der Waals surface area contributed by atoms with Gasteiger partial charge in [-0.05, 0) is 31.1 Å². The number of hydrogen-bond donors (Lipinski definition) is 1. The van der Waals surface area contributed by atoms with Crippen LogP contribution in [-0.4, -0.2) is 12.1 Å². The summed E-state index contributed by atoms with van der Waals surface area (Å²) in [6.07, 6.45) is 2.64. The van der Waals surface area contributed by atoms with Gasteiger partial charge in [-0.3, -0.25) is 0 Å². The third-order valence-electron chi connectivity index (χ3n) is 2.80. The molecule has 0 rings (SSSR count). The lowest BCUT2D eigenvalue weighted by atomic mass is 9.85. The van der Waals surface area contributed by atoms with Crippen LogP contribution in [0.4, 0.5) is 0 Å². The van der Waals surface area contributed by atoms with Gasteiger partial charge in [0.15, 0.2) is 0 Å². The highest BCUT2D eigenvalue weighted by atomic mass is 14.9. The number of nitrogens with one attached hydrogen (secondary N) is 1. The van der Waals surface area contributed by atoms with E-state index in [1.54, 1.807) is 0 Å². The van der Waals surface area contributed by atoms with Gasteiger partial charge >= 0.3 is 0 Å². The second kappa shape index (κ2) is 5.75. The molecule has 0 amide bonds. The first-order valence-electron chi connectivity index (χ1n) is 5.98. The Balaban J connectivity index is 3.78. The fourth-order valence-electron chi connectivity index (χ4n) is 1.60. The topological polar surface area (TPSA) is 12.0 Å². The molecule has 0 radical (unpaired) electrons. The Morgan fingerprint density at radius 3 is 1.86 bits per heavy atom. The second-order valence-electron chi connectivity index (χ2n) is 6.19. The summed E-state index contributed by atoms with van der Waals surface area (Å²) < 4.78 is 0. The molecule has 2 atom stereocenters. The van der Waals surface area contributed by atoms with Crippen LogP contribution in [0.5, 0.6) is 0 Å². The summed E-state index contributed by atoms with van der Waals surface area (Å²) in [5, 5.41) is 3.58. The minimum Gasteiger partial charge on any atom is -0.312 e. The van der Waals surface area contributed by atoms with Crippen molar-refractivity contribution in [3.05, 3.63) is 0 Å². The van der Waals surface area contributed by atoms with E-state index in [-0.39, 0.29) is 0 Å². The molecule has 0 aliphatic heterocycles. The Morgan fingerprint density at radius 1 is 1.00 bits per heavy atom. The molecule has 0 bridgehead atoms. The summed E-state index contributed by atoms with van der Waals surface area (Å²) in [7, 11) is 0. The summed E-state index contributed by atoms with van der Waals surface area (Å²) in [6.45, 7) is 16.0. The van der Waals surface area contributed by atoms with Gasteiger partial charge in [-0.25, -0.2) is 0 Å². The predicted molar refractivity (Wildman–Crippen MR) is 65.6 cm³/mol. The lowest BCUT2D eigenvalue weighted by Crippen LogP contribution is -2.37. The molecule has 2 unspecified atom stereocenters. The van der Waals surface area contributed by atoms with Crippen molar-refractivity contribution in [3.8, 4) is 0 Å². The van der Waals surface area contributed by atoms with Crippen molar-refractivity contribution >= 4 is 0 Å². The molecule has 0 fully saturated rings. The molecular weight excluding hydrogens is 170 g/mol. The van der Waals surface area contributed by atoms with Crippen molar-refractivity contribution in [3.63, 3.8) is 0 Å². The maximum Gasteiger partial charge on any atom is 0.00667 e. The van der Waals surface area contributed by atoms with Gasteiger partial charge in [-0.1, -0.05) is 41.5 Å². The zero-order valence-corrected chi connectivity index (χ0v) is 11.1. The van der Waals surface area contributed by atoms with Crippen LogP contribution < -0.4 is 5.32 Å². The van der Waals surface area contributed by atoms with Crippen LogP contribution in [0.3, 0.4) is 0 Å². The van der Waals surface area contributed by atoms with E-state index in [2.05, 4.69) is 53.8 Å². The Hall–Kier alpha value is -0.0400. The van der Waals surface area contributed by atoms with E-state index in [0.29, 0.717) is 17.5 Å². The van der Waals surface area contributed by atoms with Gasteiger partial charge in [0, 0.05) is 12.1 Å². The van der Waals surface area contributed by atoms with Crippen LogP contribution in [0.25, 0.3) is 0 Å². The van der Waals surface area contributed by atoms with Crippen molar-refractivity contribution in [2.75, 3.05) is 0 Å². The molecular formula is C13H29N. The Labute approximate surface area is 90.7 Å². The standard InChI is InChI=1S/C13H29N/c1-10(2)14-12(4)11(3)8-9-13(5,6)7/h10-12,14H,8-9H2,1-7H3. The van der Waals surface area contributed by atoms with Gasteiger partial charge in [0.1, 0.15) is 0 Å². The van der Waals surface area contributed by atoms with Crippen molar-refractivity contribution in [2.45, 2.75) is 73.4 Å². The SMILES string of the molecule is CC(C)NC(C)C(C)CCC(C)(C)C. The molecule has 0 aliphatic carbocycles. The van der Waals surface area contributed by atoms with E-state index >= 15 is 0 Å². The van der Waals surface area contributed by atoms with Gasteiger partial charge in [0.05, 0.1) is 0 Å². The fraction of sp³-hybridized carbons (Fsp3) is 1.00. The number of rotatable bonds is 5. The van der Waals surface area contributed by atoms with Crippen molar-refractivity contribution in [1.82, 2.24) is 5.32 Å². The van der Waals surface area contributed by atoms with Gasteiger partial charge in [-0.2, -0.15) is 0 Å². The van der Waals surface area contributed by atoms with E-state index < -0.39 is 0 Å².